The van der Waals surface area contributed by atoms with Crippen LogP contribution in [0.5, 0.6) is 0 Å². The summed E-state index contributed by atoms with van der Waals surface area (Å²) in [5, 5.41) is 1.62. The quantitative estimate of drug-likeness (QED) is 0.504. The van der Waals surface area contributed by atoms with E-state index in [1.54, 1.807) is 18.2 Å². The van der Waals surface area contributed by atoms with E-state index in [-0.39, 0.29) is 11.0 Å². The number of benzene rings is 1. The number of carbonyl (C=O) groups excluding carboxylic acids is 2. The predicted octanol–water partition coefficient (Wildman–Crippen LogP) is 6.37. The number of carbonyl (C=O) groups is 2. The number of rotatable bonds is 5. The minimum atomic E-state index is -0.628. The first-order valence-electron chi connectivity index (χ1n) is 9.50. The minimum Gasteiger partial charge on any atom is -0.460 e. The topological polar surface area (TPSA) is 52.6 Å². The van der Waals surface area contributed by atoms with E-state index in [4.69, 9.17) is 32.7 Å². The molecule has 0 saturated heterocycles. The largest absolute Gasteiger partial charge is 0.460 e. The highest BCUT2D eigenvalue weighted by atomic mass is 35.5. The molecule has 0 bridgehead atoms. The number of ether oxygens (including phenoxy) is 2. The molecule has 28 heavy (non-hydrogen) atoms. The molecule has 1 saturated carbocycles. The first kappa shape index (κ1) is 21.4. The zero-order valence-corrected chi connectivity index (χ0v) is 18.5. The summed E-state index contributed by atoms with van der Waals surface area (Å²) in [6, 6.07) is 5.22. The van der Waals surface area contributed by atoms with Crippen LogP contribution >= 0.6 is 34.5 Å². The third kappa shape index (κ3) is 4.81. The average Bonchev–Trinajstić information content (AvgIpc) is 2.95. The van der Waals surface area contributed by atoms with E-state index in [0.29, 0.717) is 27.8 Å². The predicted molar refractivity (Wildman–Crippen MR) is 113 cm³/mol. The van der Waals surface area contributed by atoms with Gasteiger partial charge < -0.3 is 9.47 Å². The molecule has 152 valence electrons. The van der Waals surface area contributed by atoms with Gasteiger partial charge in [0.2, 0.25) is 0 Å². The lowest BCUT2D eigenvalue weighted by atomic mass is 9.75. The van der Waals surface area contributed by atoms with E-state index in [1.807, 2.05) is 0 Å². The van der Waals surface area contributed by atoms with E-state index >= 15 is 0 Å². The second-order valence-electron chi connectivity index (χ2n) is 7.82. The van der Waals surface area contributed by atoms with E-state index in [1.165, 1.54) is 11.3 Å². The van der Waals surface area contributed by atoms with Crippen molar-refractivity contribution < 1.29 is 19.1 Å². The molecule has 3 rings (SSSR count). The van der Waals surface area contributed by atoms with Gasteiger partial charge >= 0.3 is 11.9 Å². The molecule has 1 fully saturated rings. The Morgan fingerprint density at radius 2 is 2.00 bits per heavy atom. The van der Waals surface area contributed by atoms with E-state index in [0.717, 1.165) is 29.3 Å². The highest BCUT2D eigenvalue weighted by Crippen LogP contribution is 2.37. The zero-order chi connectivity index (χ0) is 20.4. The molecule has 0 spiro atoms. The first-order chi connectivity index (χ1) is 13.3. The molecule has 0 aliphatic heterocycles. The molecule has 7 heteroatoms. The Kier molecular flexibility index (Phi) is 6.89. The summed E-state index contributed by atoms with van der Waals surface area (Å²) in [6.45, 7) is 6.06. The molecule has 1 aliphatic rings. The van der Waals surface area contributed by atoms with Gasteiger partial charge in [0.05, 0.1) is 5.02 Å². The highest BCUT2D eigenvalue weighted by molar-refractivity contribution is 7.21. The molecule has 0 amide bonds. The lowest BCUT2D eigenvalue weighted by Gasteiger charge is -2.36. The van der Waals surface area contributed by atoms with Crippen LogP contribution in [0, 0.1) is 17.8 Å². The molecule has 1 aliphatic carbocycles. The SMILES string of the molecule is CC(C)[C@H]1CC[C@@H](C)C[C@@H]1OC(=O)COC(=O)c1sc2cc(Cl)ccc2c1Cl. The van der Waals surface area contributed by atoms with Crippen LogP contribution in [-0.4, -0.2) is 24.6 Å². The van der Waals surface area contributed by atoms with Gasteiger partial charge in [-0.1, -0.05) is 56.5 Å². The highest BCUT2D eigenvalue weighted by Gasteiger charge is 2.33. The molecule has 1 heterocycles. The van der Waals surface area contributed by atoms with Gasteiger partial charge in [0.1, 0.15) is 11.0 Å². The van der Waals surface area contributed by atoms with Crippen LogP contribution in [0.2, 0.25) is 10.0 Å². The molecule has 3 atom stereocenters. The van der Waals surface area contributed by atoms with Gasteiger partial charge in [-0.3, -0.25) is 0 Å². The third-order valence-corrected chi connectivity index (χ3v) is 7.21. The van der Waals surface area contributed by atoms with E-state index in [9.17, 15) is 9.59 Å². The summed E-state index contributed by atoms with van der Waals surface area (Å²) in [6.07, 6.45) is 2.94. The summed E-state index contributed by atoms with van der Waals surface area (Å²) in [7, 11) is 0. The molecule has 4 nitrogen and oxygen atoms in total. The van der Waals surface area contributed by atoms with Gasteiger partial charge in [0, 0.05) is 15.1 Å². The van der Waals surface area contributed by atoms with Crippen LogP contribution in [-0.2, 0) is 14.3 Å². The molecule has 0 unspecified atom stereocenters. The van der Waals surface area contributed by atoms with Crippen LogP contribution in [0.4, 0.5) is 0 Å². The van der Waals surface area contributed by atoms with Crippen LogP contribution in [0.1, 0.15) is 49.7 Å². The fraction of sp³-hybridized carbons (Fsp3) is 0.524. The average molecular weight is 443 g/mol. The molecular weight excluding hydrogens is 419 g/mol. The standard InChI is InChI=1S/C21H24Cl2O4S/c1-11(2)14-6-4-12(3)8-16(14)27-18(24)10-26-21(25)20-19(23)15-7-5-13(22)9-17(15)28-20/h5,7,9,11-12,14,16H,4,6,8,10H2,1-3H3/t12-,14-,16+/m1/s1. The van der Waals surface area contributed by atoms with Crippen LogP contribution in [0.15, 0.2) is 18.2 Å². The minimum absolute atomic E-state index is 0.120. The van der Waals surface area contributed by atoms with Crippen LogP contribution in [0.25, 0.3) is 10.1 Å². The van der Waals surface area contributed by atoms with Crippen molar-refractivity contribution in [1.82, 2.24) is 0 Å². The summed E-state index contributed by atoms with van der Waals surface area (Å²) < 4.78 is 11.6. The summed E-state index contributed by atoms with van der Waals surface area (Å²) in [5.41, 5.74) is 0. The smallest absolute Gasteiger partial charge is 0.350 e. The molecule has 1 aromatic heterocycles. The molecular formula is C21H24Cl2O4S. The van der Waals surface area contributed by atoms with Crippen molar-refractivity contribution in [3.63, 3.8) is 0 Å². The van der Waals surface area contributed by atoms with Gasteiger partial charge in [-0.05, 0) is 42.7 Å². The molecule has 0 radical (unpaired) electrons. The van der Waals surface area contributed by atoms with Gasteiger partial charge in [-0.15, -0.1) is 11.3 Å². The van der Waals surface area contributed by atoms with Crippen molar-refractivity contribution in [1.29, 1.82) is 0 Å². The summed E-state index contributed by atoms with van der Waals surface area (Å²) in [4.78, 5) is 24.9. The Balaban J connectivity index is 1.61. The first-order valence-corrected chi connectivity index (χ1v) is 11.1. The fourth-order valence-corrected chi connectivity index (χ4v) is 5.49. The Hall–Kier alpha value is -1.30. The second-order valence-corrected chi connectivity index (χ2v) is 9.68. The second kappa shape index (κ2) is 9.02. The molecule has 1 aromatic carbocycles. The number of fused-ring (bicyclic) bond motifs is 1. The maximum atomic E-state index is 12.4. The maximum Gasteiger partial charge on any atom is 0.350 e. The van der Waals surface area contributed by atoms with Crippen molar-refractivity contribution in [2.24, 2.45) is 17.8 Å². The Morgan fingerprint density at radius 1 is 1.25 bits per heavy atom. The number of hydrogen-bond donors (Lipinski definition) is 0. The van der Waals surface area contributed by atoms with Gasteiger partial charge in [0.25, 0.3) is 0 Å². The fourth-order valence-electron chi connectivity index (χ4n) is 3.81. The van der Waals surface area contributed by atoms with Gasteiger partial charge in [0.15, 0.2) is 6.61 Å². The van der Waals surface area contributed by atoms with Gasteiger partial charge in [-0.2, -0.15) is 0 Å². The van der Waals surface area contributed by atoms with Crippen molar-refractivity contribution in [3.05, 3.63) is 33.1 Å². The lowest BCUT2D eigenvalue weighted by Crippen LogP contribution is -2.36. The van der Waals surface area contributed by atoms with E-state index < -0.39 is 18.5 Å². The van der Waals surface area contributed by atoms with Crippen LogP contribution < -0.4 is 0 Å². The molecule has 2 aromatic rings. The normalized spacial score (nSPS) is 22.4. The van der Waals surface area contributed by atoms with Crippen molar-refractivity contribution in [2.75, 3.05) is 6.61 Å². The lowest BCUT2D eigenvalue weighted by molar-refractivity contribution is -0.159. The summed E-state index contributed by atoms with van der Waals surface area (Å²) in [5.74, 6) is 0.171. The number of esters is 2. The van der Waals surface area contributed by atoms with Gasteiger partial charge in [-0.25, -0.2) is 9.59 Å². The number of thiophene rings is 1. The Morgan fingerprint density at radius 3 is 2.71 bits per heavy atom. The third-order valence-electron chi connectivity index (χ3n) is 5.34. The summed E-state index contributed by atoms with van der Waals surface area (Å²) >= 11 is 13.5. The number of halogens is 2. The monoisotopic (exact) mass is 442 g/mol. The maximum absolute atomic E-state index is 12.4. The molecule has 0 N–H and O–H groups in total. The van der Waals surface area contributed by atoms with Crippen molar-refractivity contribution >= 4 is 56.6 Å². The Bertz CT molecular complexity index is 877. The zero-order valence-electron chi connectivity index (χ0n) is 16.2. The van der Waals surface area contributed by atoms with Crippen molar-refractivity contribution in [3.8, 4) is 0 Å². The van der Waals surface area contributed by atoms with Crippen LogP contribution in [0.3, 0.4) is 0 Å². The van der Waals surface area contributed by atoms with Crippen molar-refractivity contribution in [2.45, 2.75) is 46.1 Å². The number of hydrogen-bond acceptors (Lipinski definition) is 5. The Labute approximate surface area is 179 Å². The van der Waals surface area contributed by atoms with E-state index in [2.05, 4.69) is 20.8 Å².